The third-order valence-corrected chi connectivity index (χ3v) is 2.25. The van der Waals surface area contributed by atoms with Gasteiger partial charge in [0.1, 0.15) is 5.82 Å². The van der Waals surface area contributed by atoms with Gasteiger partial charge >= 0.3 is 5.97 Å². The average molecular weight is 235 g/mol. The fourth-order valence-corrected chi connectivity index (χ4v) is 1.44. The number of aromatic nitrogens is 4. The minimum atomic E-state index is -0.504. The van der Waals surface area contributed by atoms with Crippen molar-refractivity contribution in [2.24, 2.45) is 0 Å². The van der Waals surface area contributed by atoms with E-state index in [9.17, 15) is 4.79 Å². The molecule has 2 aromatic rings. The van der Waals surface area contributed by atoms with Crippen LogP contribution < -0.4 is 5.73 Å². The van der Waals surface area contributed by atoms with E-state index < -0.39 is 5.97 Å². The summed E-state index contributed by atoms with van der Waals surface area (Å²) in [6.07, 6.45) is 4.95. The summed E-state index contributed by atoms with van der Waals surface area (Å²) in [6, 6.07) is 0. The Morgan fingerprint density at radius 1 is 1.65 bits per heavy atom. The van der Waals surface area contributed by atoms with Crippen LogP contribution in [0.25, 0.3) is 0 Å². The molecule has 0 atom stereocenters. The first-order valence-corrected chi connectivity index (χ1v) is 5.17. The number of nitrogen functional groups attached to an aromatic ring is 1. The predicted molar refractivity (Wildman–Crippen MR) is 60.3 cm³/mol. The number of imidazole rings is 1. The maximum Gasteiger partial charge on any atom is 0.360 e. The number of ether oxygens (including phenoxy) is 1. The van der Waals surface area contributed by atoms with Crippen molar-refractivity contribution in [2.45, 2.75) is 13.5 Å². The van der Waals surface area contributed by atoms with E-state index in [-0.39, 0.29) is 5.69 Å². The van der Waals surface area contributed by atoms with Crippen LogP contribution in [0.3, 0.4) is 0 Å². The first-order chi connectivity index (χ1) is 8.22. The van der Waals surface area contributed by atoms with Crippen molar-refractivity contribution < 1.29 is 9.53 Å². The van der Waals surface area contributed by atoms with Crippen LogP contribution in [0.5, 0.6) is 0 Å². The summed E-state index contributed by atoms with van der Waals surface area (Å²) >= 11 is 0. The maximum absolute atomic E-state index is 11.5. The van der Waals surface area contributed by atoms with Crippen LogP contribution in [0.15, 0.2) is 18.7 Å². The molecule has 3 N–H and O–H groups in total. The van der Waals surface area contributed by atoms with Gasteiger partial charge in [-0.05, 0) is 6.92 Å². The number of hydrogen-bond donors (Lipinski definition) is 2. The van der Waals surface area contributed by atoms with Gasteiger partial charge < -0.3 is 15.0 Å². The number of anilines is 1. The number of esters is 1. The molecule has 7 nitrogen and oxygen atoms in total. The van der Waals surface area contributed by atoms with E-state index in [0.717, 1.165) is 5.56 Å². The van der Waals surface area contributed by atoms with Gasteiger partial charge in [-0.2, -0.15) is 5.10 Å². The normalized spacial score (nSPS) is 10.4. The Kier molecular flexibility index (Phi) is 3.08. The number of rotatable bonds is 4. The summed E-state index contributed by atoms with van der Waals surface area (Å²) in [5.74, 6) is -0.208. The van der Waals surface area contributed by atoms with Gasteiger partial charge in [0, 0.05) is 11.8 Å². The molecule has 0 saturated heterocycles. The van der Waals surface area contributed by atoms with Crippen molar-refractivity contribution in [1.29, 1.82) is 0 Å². The van der Waals surface area contributed by atoms with Crippen LogP contribution in [0.1, 0.15) is 23.0 Å². The van der Waals surface area contributed by atoms with Crippen LogP contribution in [0.4, 0.5) is 5.82 Å². The van der Waals surface area contributed by atoms with Crippen molar-refractivity contribution in [3.05, 3.63) is 30.0 Å². The van der Waals surface area contributed by atoms with E-state index >= 15 is 0 Å². The highest BCUT2D eigenvalue weighted by Gasteiger charge is 2.16. The number of nitrogens with two attached hydrogens (primary N) is 1. The van der Waals surface area contributed by atoms with Gasteiger partial charge in [-0.1, -0.05) is 0 Å². The molecule has 0 aliphatic rings. The zero-order chi connectivity index (χ0) is 12.3. The molecule has 0 fully saturated rings. The fourth-order valence-electron chi connectivity index (χ4n) is 1.44. The highest BCUT2D eigenvalue weighted by atomic mass is 16.5. The molecule has 0 aliphatic heterocycles. The van der Waals surface area contributed by atoms with Crippen molar-refractivity contribution in [1.82, 2.24) is 19.7 Å². The lowest BCUT2D eigenvalue weighted by Crippen LogP contribution is -2.10. The molecule has 0 aromatic carbocycles. The lowest BCUT2D eigenvalue weighted by atomic mass is 10.3. The predicted octanol–water partition coefficient (Wildman–Crippen LogP) is 0.413. The number of carbonyl (C=O) groups is 1. The summed E-state index contributed by atoms with van der Waals surface area (Å²) in [7, 11) is 0. The van der Waals surface area contributed by atoms with Gasteiger partial charge in [-0.3, -0.25) is 5.10 Å². The first-order valence-electron chi connectivity index (χ1n) is 5.17. The fraction of sp³-hybridized carbons (Fsp3) is 0.300. The third-order valence-electron chi connectivity index (χ3n) is 2.25. The average Bonchev–Trinajstić information content (AvgIpc) is 2.91. The molecular weight excluding hydrogens is 222 g/mol. The molecular formula is C10H13N5O2. The highest BCUT2D eigenvalue weighted by molar-refractivity contribution is 5.92. The molecule has 0 aliphatic carbocycles. The third kappa shape index (κ3) is 2.27. The van der Waals surface area contributed by atoms with Gasteiger partial charge in [0.15, 0.2) is 5.69 Å². The minimum absolute atomic E-state index is 0.148. The largest absolute Gasteiger partial charge is 0.461 e. The SMILES string of the molecule is CCOC(=O)c1ncn(Cc2cn[nH]c2)c1N. The molecule has 17 heavy (non-hydrogen) atoms. The van der Waals surface area contributed by atoms with E-state index in [4.69, 9.17) is 10.5 Å². The molecule has 90 valence electrons. The van der Waals surface area contributed by atoms with Crippen molar-refractivity contribution in [2.75, 3.05) is 12.3 Å². The summed E-state index contributed by atoms with van der Waals surface area (Å²) in [5, 5.41) is 6.53. The minimum Gasteiger partial charge on any atom is -0.461 e. The molecule has 0 unspecified atom stereocenters. The number of hydrogen-bond acceptors (Lipinski definition) is 5. The van der Waals surface area contributed by atoms with Crippen LogP contribution in [-0.4, -0.2) is 32.3 Å². The number of H-pyrrole nitrogens is 1. The van der Waals surface area contributed by atoms with Gasteiger partial charge in [-0.25, -0.2) is 9.78 Å². The molecule has 7 heteroatoms. The van der Waals surface area contributed by atoms with E-state index in [1.807, 2.05) is 0 Å². The summed E-state index contributed by atoms with van der Waals surface area (Å²) in [4.78, 5) is 15.4. The lowest BCUT2D eigenvalue weighted by molar-refractivity contribution is 0.0521. The Labute approximate surface area is 97.6 Å². The smallest absolute Gasteiger partial charge is 0.360 e. The van der Waals surface area contributed by atoms with Crippen LogP contribution in [0.2, 0.25) is 0 Å². The number of nitrogens with one attached hydrogen (secondary N) is 1. The monoisotopic (exact) mass is 235 g/mol. The van der Waals surface area contributed by atoms with E-state index in [0.29, 0.717) is 19.0 Å². The summed E-state index contributed by atoms with van der Waals surface area (Å²) in [5.41, 5.74) is 6.92. The van der Waals surface area contributed by atoms with Gasteiger partial charge in [0.2, 0.25) is 0 Å². The molecule has 2 heterocycles. The Morgan fingerprint density at radius 2 is 2.47 bits per heavy atom. The number of nitrogens with zero attached hydrogens (tertiary/aromatic N) is 3. The molecule has 2 rings (SSSR count). The zero-order valence-electron chi connectivity index (χ0n) is 9.38. The Hall–Kier alpha value is -2.31. The van der Waals surface area contributed by atoms with Crippen LogP contribution >= 0.6 is 0 Å². The Bertz CT molecular complexity index is 503. The van der Waals surface area contributed by atoms with Gasteiger partial charge in [-0.15, -0.1) is 0 Å². The summed E-state index contributed by atoms with van der Waals surface area (Å²) < 4.78 is 6.51. The highest BCUT2D eigenvalue weighted by Crippen LogP contribution is 2.13. The topological polar surface area (TPSA) is 98.8 Å². The molecule has 0 radical (unpaired) electrons. The van der Waals surface area contributed by atoms with Gasteiger partial charge in [0.25, 0.3) is 0 Å². The number of aromatic amines is 1. The number of carbonyl (C=O) groups excluding carboxylic acids is 1. The molecule has 0 amide bonds. The van der Waals surface area contributed by atoms with Gasteiger partial charge in [0.05, 0.1) is 25.7 Å². The van der Waals surface area contributed by atoms with Crippen molar-refractivity contribution >= 4 is 11.8 Å². The van der Waals surface area contributed by atoms with E-state index in [2.05, 4.69) is 15.2 Å². The molecule has 2 aromatic heterocycles. The standard InChI is InChI=1S/C10H13N5O2/c1-2-17-10(16)8-9(11)15(6-12-8)5-7-3-13-14-4-7/h3-4,6H,2,5,11H2,1H3,(H,13,14). The quantitative estimate of drug-likeness (QED) is 0.748. The molecule has 0 bridgehead atoms. The van der Waals surface area contributed by atoms with E-state index in [1.54, 1.807) is 23.9 Å². The second kappa shape index (κ2) is 4.69. The first kappa shape index (κ1) is 11.2. The van der Waals surface area contributed by atoms with Crippen LogP contribution in [0, 0.1) is 0 Å². The zero-order valence-corrected chi connectivity index (χ0v) is 9.38. The second-order valence-corrected chi connectivity index (χ2v) is 3.43. The maximum atomic E-state index is 11.5. The summed E-state index contributed by atoms with van der Waals surface area (Å²) in [6.45, 7) is 2.54. The molecule has 0 spiro atoms. The van der Waals surface area contributed by atoms with Crippen LogP contribution in [-0.2, 0) is 11.3 Å². The Balaban J connectivity index is 2.18. The van der Waals surface area contributed by atoms with E-state index in [1.165, 1.54) is 6.33 Å². The van der Waals surface area contributed by atoms with Crippen molar-refractivity contribution in [3.8, 4) is 0 Å². The van der Waals surface area contributed by atoms with Crippen molar-refractivity contribution in [3.63, 3.8) is 0 Å². The Morgan fingerprint density at radius 3 is 3.12 bits per heavy atom. The lowest BCUT2D eigenvalue weighted by Gasteiger charge is -2.03. The molecule has 0 saturated carbocycles. The second-order valence-electron chi connectivity index (χ2n) is 3.43.